The largest absolute Gasteiger partial charge is 0.299 e. The van der Waals surface area contributed by atoms with Crippen molar-refractivity contribution in [1.82, 2.24) is 0 Å². The molecule has 0 aliphatic heterocycles. The van der Waals surface area contributed by atoms with Gasteiger partial charge in [-0.1, -0.05) is 18.6 Å². The van der Waals surface area contributed by atoms with E-state index in [1.54, 1.807) is 13.8 Å². The van der Waals surface area contributed by atoms with Crippen molar-refractivity contribution < 1.29 is 13.2 Å². The number of carbonyl (C=O) groups is 1. The molecule has 0 saturated heterocycles. The van der Waals surface area contributed by atoms with Crippen LogP contribution in [0.2, 0.25) is 0 Å². The fourth-order valence-corrected chi connectivity index (χ4v) is 4.70. The molecule has 140 valence electrons. The second-order valence-electron chi connectivity index (χ2n) is 7.65. The summed E-state index contributed by atoms with van der Waals surface area (Å²) < 4.78 is 23.5. The molecule has 0 saturated carbocycles. The third-order valence-corrected chi connectivity index (χ3v) is 7.65. The number of rotatable bonds is 9. The average molecular weight is 365 g/mol. The van der Waals surface area contributed by atoms with Crippen LogP contribution in [0.15, 0.2) is 12.1 Å². The smallest absolute Gasteiger partial charge is 0.152 e. The topological polar surface area (TPSA) is 51.2 Å². The third kappa shape index (κ3) is 5.67. The van der Waals surface area contributed by atoms with Crippen LogP contribution < -0.4 is 0 Å². The van der Waals surface area contributed by atoms with E-state index in [1.807, 2.05) is 0 Å². The van der Waals surface area contributed by atoms with Crippen LogP contribution in [0, 0.1) is 6.92 Å². The molecule has 0 atom stereocenters. The normalized spacial score (nSPS) is 14.6. The van der Waals surface area contributed by atoms with Crippen LogP contribution >= 0.6 is 0 Å². The van der Waals surface area contributed by atoms with Gasteiger partial charge in [0.25, 0.3) is 0 Å². The maximum atomic E-state index is 12.3. The molecule has 3 nitrogen and oxygen atoms in total. The van der Waals surface area contributed by atoms with Crippen molar-refractivity contribution in [2.45, 2.75) is 83.8 Å². The number of aryl methyl sites for hydroxylation is 1. The number of benzene rings is 1. The molecule has 0 N–H and O–H groups in total. The summed E-state index contributed by atoms with van der Waals surface area (Å²) in [7, 11) is -2.95. The maximum absolute atomic E-state index is 12.3. The number of ketones is 1. The maximum Gasteiger partial charge on any atom is 0.152 e. The lowest BCUT2D eigenvalue weighted by Crippen LogP contribution is -2.17. The van der Waals surface area contributed by atoms with Crippen molar-refractivity contribution in [1.29, 1.82) is 0 Å². The van der Waals surface area contributed by atoms with Crippen molar-refractivity contribution in [3.05, 3.63) is 34.4 Å². The molecule has 0 heterocycles. The van der Waals surface area contributed by atoms with Crippen molar-refractivity contribution >= 4 is 15.6 Å². The number of carbonyl (C=O) groups excluding carboxylic acids is 1. The van der Waals surface area contributed by atoms with Crippen LogP contribution in [0.1, 0.15) is 74.6 Å². The molecule has 1 aromatic rings. The zero-order valence-electron chi connectivity index (χ0n) is 15.9. The zero-order chi connectivity index (χ0) is 18.4. The van der Waals surface area contributed by atoms with Gasteiger partial charge >= 0.3 is 0 Å². The highest BCUT2D eigenvalue weighted by atomic mass is 32.2. The van der Waals surface area contributed by atoms with E-state index in [0.29, 0.717) is 19.3 Å². The minimum absolute atomic E-state index is 0.240. The molecule has 0 bridgehead atoms. The van der Waals surface area contributed by atoms with E-state index in [0.717, 1.165) is 25.7 Å². The van der Waals surface area contributed by atoms with Crippen LogP contribution in [0.25, 0.3) is 0 Å². The average Bonchev–Trinajstić information content (AvgIpc) is 2.57. The third-order valence-electron chi connectivity index (χ3n) is 5.36. The number of Topliss-reactive ketones (excluding diaryl/α,β-unsaturated/α-hetero) is 1. The van der Waals surface area contributed by atoms with E-state index < -0.39 is 9.84 Å². The predicted molar refractivity (Wildman–Crippen MR) is 104 cm³/mol. The van der Waals surface area contributed by atoms with Gasteiger partial charge in [0.15, 0.2) is 9.84 Å². The lowest BCUT2D eigenvalue weighted by atomic mass is 9.84. The molecule has 1 aromatic carbocycles. The van der Waals surface area contributed by atoms with E-state index in [-0.39, 0.29) is 16.8 Å². The highest BCUT2D eigenvalue weighted by Crippen LogP contribution is 2.28. The Morgan fingerprint density at radius 2 is 1.72 bits per heavy atom. The van der Waals surface area contributed by atoms with Gasteiger partial charge in [-0.15, -0.1) is 0 Å². The SMILES string of the molecule is Cc1ccc(CC(=O)CCCCCS(=O)(=O)C(C)C)c2c1CCCC2. The Balaban J connectivity index is 1.80. The van der Waals surface area contributed by atoms with Gasteiger partial charge in [-0.05, 0) is 81.5 Å². The Bertz CT molecular complexity index is 702. The molecule has 25 heavy (non-hydrogen) atoms. The Hall–Kier alpha value is -1.16. The van der Waals surface area contributed by atoms with Crippen LogP contribution in [-0.4, -0.2) is 25.2 Å². The van der Waals surface area contributed by atoms with Crippen molar-refractivity contribution in [3.8, 4) is 0 Å². The van der Waals surface area contributed by atoms with Gasteiger partial charge in [-0.25, -0.2) is 8.42 Å². The Morgan fingerprint density at radius 3 is 2.40 bits per heavy atom. The molecule has 0 radical (unpaired) electrons. The molecule has 0 aromatic heterocycles. The van der Waals surface area contributed by atoms with Crippen LogP contribution in [0.3, 0.4) is 0 Å². The van der Waals surface area contributed by atoms with Gasteiger partial charge in [-0.3, -0.25) is 4.79 Å². The predicted octanol–water partition coefficient (Wildman–Crippen LogP) is 4.37. The Labute approximate surface area is 153 Å². The lowest BCUT2D eigenvalue weighted by molar-refractivity contribution is -0.118. The molecule has 0 amide bonds. The quantitative estimate of drug-likeness (QED) is 0.611. The molecule has 1 aliphatic rings. The molecule has 0 spiro atoms. The number of hydrogen-bond acceptors (Lipinski definition) is 3. The molecular weight excluding hydrogens is 332 g/mol. The molecule has 1 aliphatic carbocycles. The van der Waals surface area contributed by atoms with Gasteiger partial charge in [0.2, 0.25) is 0 Å². The minimum Gasteiger partial charge on any atom is -0.299 e. The van der Waals surface area contributed by atoms with E-state index in [2.05, 4.69) is 19.1 Å². The summed E-state index contributed by atoms with van der Waals surface area (Å²) >= 11 is 0. The summed E-state index contributed by atoms with van der Waals surface area (Å²) in [4.78, 5) is 12.3. The molecular formula is C21H32O3S. The monoisotopic (exact) mass is 364 g/mol. The minimum atomic E-state index is -2.95. The second-order valence-corrected chi connectivity index (χ2v) is 10.3. The first-order valence-corrected chi connectivity index (χ1v) is 11.4. The summed E-state index contributed by atoms with van der Waals surface area (Å²) in [5, 5.41) is -0.304. The molecule has 2 rings (SSSR count). The van der Waals surface area contributed by atoms with Gasteiger partial charge in [0, 0.05) is 12.8 Å². The van der Waals surface area contributed by atoms with E-state index in [9.17, 15) is 13.2 Å². The fourth-order valence-electron chi connectivity index (χ4n) is 3.63. The number of fused-ring (bicyclic) bond motifs is 1. The number of unbranched alkanes of at least 4 members (excludes halogenated alkanes) is 2. The van der Waals surface area contributed by atoms with E-state index in [4.69, 9.17) is 0 Å². The van der Waals surface area contributed by atoms with E-state index in [1.165, 1.54) is 35.1 Å². The Morgan fingerprint density at radius 1 is 1.04 bits per heavy atom. The Kier molecular flexibility index (Phi) is 7.24. The first-order chi connectivity index (χ1) is 11.8. The van der Waals surface area contributed by atoms with E-state index >= 15 is 0 Å². The van der Waals surface area contributed by atoms with Crippen molar-refractivity contribution in [2.24, 2.45) is 0 Å². The van der Waals surface area contributed by atoms with Crippen LogP contribution in [0.4, 0.5) is 0 Å². The number of hydrogen-bond donors (Lipinski definition) is 0. The molecule has 4 heteroatoms. The summed E-state index contributed by atoms with van der Waals surface area (Å²) in [5.41, 5.74) is 5.46. The highest BCUT2D eigenvalue weighted by Gasteiger charge is 2.17. The van der Waals surface area contributed by atoms with Crippen molar-refractivity contribution in [3.63, 3.8) is 0 Å². The zero-order valence-corrected chi connectivity index (χ0v) is 16.8. The van der Waals surface area contributed by atoms with Crippen LogP contribution in [0.5, 0.6) is 0 Å². The summed E-state index contributed by atoms with van der Waals surface area (Å²) in [6, 6.07) is 4.29. The molecule has 0 unspecified atom stereocenters. The van der Waals surface area contributed by atoms with Gasteiger partial charge in [-0.2, -0.15) is 0 Å². The fraction of sp³-hybridized carbons (Fsp3) is 0.667. The summed E-state index contributed by atoms with van der Waals surface area (Å²) in [5.74, 6) is 0.521. The first kappa shape index (κ1) is 20.2. The first-order valence-electron chi connectivity index (χ1n) is 9.64. The van der Waals surface area contributed by atoms with Crippen molar-refractivity contribution in [2.75, 3.05) is 5.75 Å². The summed E-state index contributed by atoms with van der Waals surface area (Å²) in [6.07, 6.45) is 8.09. The lowest BCUT2D eigenvalue weighted by Gasteiger charge is -2.21. The van der Waals surface area contributed by atoms with Crippen LogP contribution in [-0.2, 0) is 33.9 Å². The standard InChI is InChI=1S/C21H32O3S/c1-16(2)25(23,24)14-8-4-5-9-19(22)15-18-13-12-17(3)20-10-6-7-11-21(18)20/h12-13,16H,4-11,14-15H2,1-3H3. The summed E-state index contributed by atoms with van der Waals surface area (Å²) in [6.45, 7) is 5.61. The second kappa shape index (κ2) is 8.98. The number of sulfone groups is 1. The highest BCUT2D eigenvalue weighted by molar-refractivity contribution is 7.91. The molecule has 0 fully saturated rings. The van der Waals surface area contributed by atoms with Gasteiger partial charge in [0.1, 0.15) is 5.78 Å². The van der Waals surface area contributed by atoms with Gasteiger partial charge in [0.05, 0.1) is 11.0 Å². The van der Waals surface area contributed by atoms with Gasteiger partial charge < -0.3 is 0 Å².